The van der Waals surface area contributed by atoms with Crippen molar-refractivity contribution in [1.29, 1.82) is 0 Å². The first-order chi connectivity index (χ1) is 11.7. The number of rotatable bonds is 3. The molecule has 24 heavy (non-hydrogen) atoms. The summed E-state index contributed by atoms with van der Waals surface area (Å²) in [6.45, 7) is 0. The number of hydrogen-bond donors (Lipinski definition) is 1. The summed E-state index contributed by atoms with van der Waals surface area (Å²) in [4.78, 5) is 1.12. The molecule has 2 aromatic heterocycles. The molecular weight excluding hydrogens is 372 g/mol. The van der Waals surface area contributed by atoms with E-state index in [1.807, 2.05) is 36.4 Å². The Morgan fingerprint density at radius 1 is 1.08 bits per heavy atom. The average Bonchev–Trinajstić information content (AvgIpc) is 3.23. The number of halogens is 1. The molecule has 0 saturated heterocycles. The lowest BCUT2D eigenvalue weighted by molar-refractivity contribution is 0.573. The van der Waals surface area contributed by atoms with E-state index < -0.39 is 0 Å². The minimum absolute atomic E-state index is 0.108. The molecule has 0 atom stereocenters. The number of nitrogen functional groups attached to an aromatic ring is 1. The molecule has 0 unspecified atom stereocenters. The molecule has 8 heteroatoms. The maximum atomic E-state index is 5.87. The quantitative estimate of drug-likeness (QED) is 0.548. The Kier molecular flexibility index (Phi) is 3.58. The van der Waals surface area contributed by atoms with Gasteiger partial charge in [0.2, 0.25) is 0 Å². The van der Waals surface area contributed by atoms with Crippen LogP contribution < -0.4 is 5.73 Å². The van der Waals surface area contributed by atoms with E-state index in [1.54, 1.807) is 0 Å². The molecule has 4 rings (SSSR count). The number of fused-ring (bicyclic) bond motifs is 1. The van der Waals surface area contributed by atoms with Crippen LogP contribution in [0.2, 0.25) is 0 Å². The fourth-order valence-corrected chi connectivity index (χ4v) is 2.91. The van der Waals surface area contributed by atoms with Gasteiger partial charge in [-0.25, -0.2) is 0 Å². The summed E-state index contributed by atoms with van der Waals surface area (Å²) in [5.41, 5.74) is 6.57. The largest absolute Gasteiger partial charge is 0.455 e. The smallest absolute Gasteiger partial charge is 0.263 e. The van der Waals surface area contributed by atoms with Gasteiger partial charge in [0.05, 0.1) is 6.21 Å². The van der Waals surface area contributed by atoms with E-state index in [1.165, 1.54) is 6.21 Å². The summed E-state index contributed by atoms with van der Waals surface area (Å²) in [6.07, 6.45) is 1.51. The Labute approximate surface area is 144 Å². The Morgan fingerprint density at radius 3 is 2.71 bits per heavy atom. The fourth-order valence-electron chi connectivity index (χ4n) is 2.43. The van der Waals surface area contributed by atoms with Crippen LogP contribution in [0.15, 0.2) is 62.5 Å². The van der Waals surface area contributed by atoms with E-state index in [2.05, 4.69) is 48.7 Å². The number of furan rings is 1. The van der Waals surface area contributed by atoms with Crippen molar-refractivity contribution in [2.24, 2.45) is 5.10 Å². The summed E-state index contributed by atoms with van der Waals surface area (Å²) < 4.78 is 6.91. The fraction of sp³-hybridized carbons (Fsp3) is 0. The zero-order valence-corrected chi connectivity index (χ0v) is 13.9. The zero-order valence-electron chi connectivity index (χ0n) is 12.3. The van der Waals surface area contributed by atoms with Crippen molar-refractivity contribution >= 4 is 38.9 Å². The summed E-state index contributed by atoms with van der Waals surface area (Å²) >= 11 is 3.58. The molecule has 2 aromatic carbocycles. The van der Waals surface area contributed by atoms with Gasteiger partial charge in [0.1, 0.15) is 11.5 Å². The minimum Gasteiger partial charge on any atom is -0.455 e. The highest BCUT2D eigenvalue weighted by Gasteiger charge is 2.09. The van der Waals surface area contributed by atoms with Crippen LogP contribution in [0, 0.1) is 0 Å². The van der Waals surface area contributed by atoms with Gasteiger partial charge in [0.15, 0.2) is 0 Å². The summed E-state index contributed by atoms with van der Waals surface area (Å²) in [5, 5.41) is 16.9. The van der Waals surface area contributed by atoms with Crippen LogP contribution in [-0.2, 0) is 0 Å². The molecular formula is C16H11BrN6O. The van der Waals surface area contributed by atoms with Gasteiger partial charge in [0.25, 0.3) is 5.95 Å². The Bertz CT molecular complexity index is 1050. The second kappa shape index (κ2) is 5.89. The molecule has 0 aliphatic rings. The van der Waals surface area contributed by atoms with Crippen molar-refractivity contribution in [2.45, 2.75) is 0 Å². The van der Waals surface area contributed by atoms with Crippen LogP contribution >= 0.6 is 15.9 Å². The van der Waals surface area contributed by atoms with Gasteiger partial charge in [-0.05, 0) is 45.5 Å². The van der Waals surface area contributed by atoms with E-state index in [0.717, 1.165) is 31.4 Å². The van der Waals surface area contributed by atoms with E-state index in [4.69, 9.17) is 10.2 Å². The third-order valence-electron chi connectivity index (χ3n) is 3.53. The van der Waals surface area contributed by atoms with Crippen molar-refractivity contribution in [2.75, 3.05) is 5.73 Å². The molecule has 118 valence electrons. The Hall–Kier alpha value is -3.00. The zero-order chi connectivity index (χ0) is 16.5. The lowest BCUT2D eigenvalue weighted by atomic mass is 10.0. The van der Waals surface area contributed by atoms with Gasteiger partial charge in [0, 0.05) is 10.0 Å². The van der Waals surface area contributed by atoms with Crippen LogP contribution in [0.1, 0.15) is 5.76 Å². The molecule has 0 saturated carbocycles. The van der Waals surface area contributed by atoms with Gasteiger partial charge >= 0.3 is 0 Å². The molecule has 0 spiro atoms. The lowest BCUT2D eigenvalue weighted by Gasteiger charge is -2.05. The number of benzene rings is 2. The van der Waals surface area contributed by atoms with Gasteiger partial charge < -0.3 is 10.2 Å². The maximum Gasteiger partial charge on any atom is 0.263 e. The van der Waals surface area contributed by atoms with Crippen molar-refractivity contribution < 1.29 is 4.42 Å². The highest BCUT2D eigenvalue weighted by atomic mass is 79.9. The van der Waals surface area contributed by atoms with Gasteiger partial charge in [-0.1, -0.05) is 50.1 Å². The first-order valence-electron chi connectivity index (χ1n) is 7.08. The average molecular weight is 383 g/mol. The van der Waals surface area contributed by atoms with Crippen LogP contribution in [0.4, 0.5) is 5.95 Å². The standard InChI is InChI=1S/C16H11BrN6O/c17-14-7-6-13(11-3-1-2-4-12(11)14)15-8-5-10(24-15)9-19-23-16(18)20-21-22-23/h1-9H,(H2,18,20,22). The highest BCUT2D eigenvalue weighted by Crippen LogP contribution is 2.33. The first-order valence-corrected chi connectivity index (χ1v) is 7.87. The number of anilines is 1. The summed E-state index contributed by atoms with van der Waals surface area (Å²) in [5.74, 6) is 1.44. The third-order valence-corrected chi connectivity index (χ3v) is 4.23. The molecule has 7 nitrogen and oxygen atoms in total. The predicted octanol–water partition coefficient (Wildman–Crippen LogP) is 3.31. The first kappa shape index (κ1) is 14.6. The number of tetrazole rings is 1. The van der Waals surface area contributed by atoms with Gasteiger partial charge in [-0.15, -0.1) is 0 Å². The number of nitrogens with two attached hydrogens (primary N) is 1. The molecule has 2 heterocycles. The van der Waals surface area contributed by atoms with Crippen molar-refractivity contribution in [3.8, 4) is 11.3 Å². The van der Waals surface area contributed by atoms with E-state index in [-0.39, 0.29) is 5.95 Å². The van der Waals surface area contributed by atoms with Crippen LogP contribution in [0.25, 0.3) is 22.1 Å². The monoisotopic (exact) mass is 382 g/mol. The molecule has 0 aliphatic heterocycles. The molecule has 0 amide bonds. The molecule has 0 bridgehead atoms. The van der Waals surface area contributed by atoms with Gasteiger partial charge in [-0.2, -0.15) is 5.10 Å². The normalized spacial score (nSPS) is 11.5. The van der Waals surface area contributed by atoms with Crippen molar-refractivity contribution in [1.82, 2.24) is 20.3 Å². The van der Waals surface area contributed by atoms with Gasteiger partial charge in [-0.3, -0.25) is 0 Å². The minimum atomic E-state index is 0.108. The summed E-state index contributed by atoms with van der Waals surface area (Å²) in [7, 11) is 0. The maximum absolute atomic E-state index is 5.87. The Morgan fingerprint density at radius 2 is 1.92 bits per heavy atom. The number of hydrogen-bond acceptors (Lipinski definition) is 6. The molecule has 2 N–H and O–H groups in total. The third kappa shape index (κ3) is 2.56. The Balaban J connectivity index is 1.72. The second-order valence-corrected chi connectivity index (χ2v) is 5.87. The van der Waals surface area contributed by atoms with E-state index in [9.17, 15) is 0 Å². The molecule has 0 fully saturated rings. The highest BCUT2D eigenvalue weighted by molar-refractivity contribution is 9.10. The van der Waals surface area contributed by atoms with Crippen LogP contribution in [0.3, 0.4) is 0 Å². The molecule has 0 radical (unpaired) electrons. The van der Waals surface area contributed by atoms with Crippen molar-refractivity contribution in [3.05, 3.63) is 58.8 Å². The molecule has 4 aromatic rings. The second-order valence-electron chi connectivity index (χ2n) is 5.01. The number of aromatic nitrogens is 4. The van der Waals surface area contributed by atoms with Crippen molar-refractivity contribution in [3.63, 3.8) is 0 Å². The topological polar surface area (TPSA) is 95.1 Å². The lowest BCUT2D eigenvalue weighted by Crippen LogP contribution is -1.99. The van der Waals surface area contributed by atoms with E-state index >= 15 is 0 Å². The summed E-state index contributed by atoms with van der Waals surface area (Å²) in [6, 6.07) is 15.9. The van der Waals surface area contributed by atoms with Crippen LogP contribution in [0.5, 0.6) is 0 Å². The SMILES string of the molecule is Nc1nnnn1N=Cc1ccc(-c2ccc(Br)c3ccccc23)o1. The number of nitrogens with zero attached hydrogens (tertiary/aromatic N) is 5. The van der Waals surface area contributed by atoms with Crippen LogP contribution in [-0.4, -0.2) is 26.5 Å². The molecule has 0 aliphatic carbocycles. The predicted molar refractivity (Wildman–Crippen MR) is 94.6 cm³/mol. The van der Waals surface area contributed by atoms with E-state index in [0.29, 0.717) is 5.76 Å².